The Morgan fingerprint density at radius 3 is 2.42 bits per heavy atom. The van der Waals surface area contributed by atoms with Crippen molar-refractivity contribution in [2.75, 3.05) is 18.4 Å². The Labute approximate surface area is 209 Å². The van der Waals surface area contributed by atoms with E-state index >= 15 is 0 Å². The summed E-state index contributed by atoms with van der Waals surface area (Å²) in [5.41, 5.74) is 7.53. The Kier molecular flexibility index (Phi) is 8.28. The number of nitrogens with two attached hydrogens (primary N) is 1. The van der Waals surface area contributed by atoms with Crippen LogP contribution in [0.3, 0.4) is 0 Å². The molecule has 0 fully saturated rings. The summed E-state index contributed by atoms with van der Waals surface area (Å²) in [5, 5.41) is 12.8. The first-order valence-electron chi connectivity index (χ1n) is 10.9. The highest BCUT2D eigenvalue weighted by Gasteiger charge is 2.19. The predicted octanol–water partition coefficient (Wildman–Crippen LogP) is 2.13. The van der Waals surface area contributed by atoms with Crippen LogP contribution in [0, 0.1) is 12.3 Å². The van der Waals surface area contributed by atoms with Gasteiger partial charge in [0.1, 0.15) is 11.6 Å². The zero-order valence-corrected chi connectivity index (χ0v) is 20.6. The van der Waals surface area contributed by atoms with Crippen LogP contribution < -0.4 is 25.8 Å². The van der Waals surface area contributed by atoms with Gasteiger partial charge in [-0.2, -0.15) is 0 Å². The number of hydrogen-bond acceptors (Lipinski definition) is 6. The second-order valence-electron chi connectivity index (χ2n) is 7.85. The number of sulfonamides is 1. The molecular formula is C25H27N5O5S. The zero-order valence-electron chi connectivity index (χ0n) is 19.8. The van der Waals surface area contributed by atoms with Crippen molar-refractivity contribution < 1.29 is 22.7 Å². The number of carbonyl (C=O) groups excluding carboxylic acids is 2. The normalized spacial score (nSPS) is 10.8. The van der Waals surface area contributed by atoms with E-state index in [2.05, 4.69) is 15.4 Å². The van der Waals surface area contributed by atoms with Gasteiger partial charge in [0.15, 0.2) is 6.61 Å². The van der Waals surface area contributed by atoms with Gasteiger partial charge in [-0.25, -0.2) is 8.42 Å². The molecule has 0 aromatic heterocycles. The number of hydrogen-bond donors (Lipinski definition) is 5. The molecule has 3 aromatic carbocycles. The van der Waals surface area contributed by atoms with E-state index in [4.69, 9.17) is 15.9 Å². The number of nitrogen functional groups attached to an aromatic ring is 1. The number of nitrogens with one attached hydrogen (secondary N) is 4. The topological polar surface area (TPSA) is 163 Å². The molecular weight excluding hydrogens is 482 g/mol. The molecule has 0 aliphatic carbocycles. The Morgan fingerprint density at radius 1 is 1.03 bits per heavy atom. The Morgan fingerprint density at radius 2 is 1.75 bits per heavy atom. The summed E-state index contributed by atoms with van der Waals surface area (Å²) >= 11 is 0. The molecule has 36 heavy (non-hydrogen) atoms. The lowest BCUT2D eigenvalue weighted by Crippen LogP contribution is -2.27. The van der Waals surface area contributed by atoms with Gasteiger partial charge in [0.25, 0.3) is 21.8 Å². The fraction of sp³-hybridized carbons (Fsp3) is 0.160. The van der Waals surface area contributed by atoms with E-state index in [-0.39, 0.29) is 46.8 Å². The fourth-order valence-electron chi connectivity index (χ4n) is 3.23. The highest BCUT2D eigenvalue weighted by molar-refractivity contribution is 7.92. The molecule has 3 aromatic rings. The van der Waals surface area contributed by atoms with Crippen LogP contribution in [-0.2, 0) is 21.4 Å². The van der Waals surface area contributed by atoms with E-state index in [0.29, 0.717) is 11.1 Å². The van der Waals surface area contributed by atoms with Gasteiger partial charge in [0.05, 0.1) is 16.1 Å². The van der Waals surface area contributed by atoms with Crippen molar-refractivity contribution in [3.63, 3.8) is 0 Å². The summed E-state index contributed by atoms with van der Waals surface area (Å²) in [6, 6.07) is 17.4. The maximum Gasteiger partial charge on any atom is 0.261 e. The van der Waals surface area contributed by atoms with E-state index < -0.39 is 15.9 Å². The maximum atomic E-state index is 13.1. The quantitative estimate of drug-likeness (QED) is 0.208. The van der Waals surface area contributed by atoms with Crippen LogP contribution in [0.2, 0.25) is 0 Å². The summed E-state index contributed by atoms with van der Waals surface area (Å²) in [6.07, 6.45) is 0. The molecule has 0 unspecified atom stereocenters. The number of benzene rings is 3. The predicted molar refractivity (Wildman–Crippen MR) is 137 cm³/mol. The molecule has 0 spiro atoms. The summed E-state index contributed by atoms with van der Waals surface area (Å²) < 4.78 is 33.7. The maximum absolute atomic E-state index is 13.1. The van der Waals surface area contributed by atoms with Crippen molar-refractivity contribution in [2.45, 2.75) is 18.4 Å². The van der Waals surface area contributed by atoms with E-state index in [9.17, 15) is 18.0 Å². The number of rotatable bonds is 10. The van der Waals surface area contributed by atoms with E-state index in [1.165, 1.54) is 31.3 Å². The average molecular weight is 510 g/mol. The van der Waals surface area contributed by atoms with Crippen molar-refractivity contribution in [3.8, 4) is 5.75 Å². The lowest BCUT2D eigenvalue weighted by Gasteiger charge is -2.16. The second kappa shape index (κ2) is 11.4. The van der Waals surface area contributed by atoms with Gasteiger partial charge in [0, 0.05) is 24.7 Å². The minimum absolute atomic E-state index is 0.0128. The molecule has 10 nitrogen and oxygen atoms in total. The van der Waals surface area contributed by atoms with Crippen molar-refractivity contribution in [3.05, 3.63) is 89.0 Å². The smallest absolute Gasteiger partial charge is 0.261 e. The first-order chi connectivity index (χ1) is 17.1. The number of amides is 2. The molecule has 2 amide bonds. The van der Waals surface area contributed by atoms with Crippen LogP contribution in [-0.4, -0.2) is 39.7 Å². The molecule has 6 N–H and O–H groups in total. The molecule has 3 rings (SSSR count). The SMILES string of the molecule is CNC(=O)COc1cc(C(=N)N)ccc1CNC(=O)c1cc(C)ccc1NS(=O)(=O)c1ccccc1. The van der Waals surface area contributed by atoms with Crippen LogP contribution in [0.1, 0.15) is 27.0 Å². The van der Waals surface area contributed by atoms with Crippen molar-refractivity contribution in [2.24, 2.45) is 5.73 Å². The first-order valence-corrected chi connectivity index (χ1v) is 12.4. The molecule has 0 aliphatic rings. The summed E-state index contributed by atoms with van der Waals surface area (Å²) in [7, 11) is -2.43. The Bertz CT molecular complexity index is 1390. The van der Waals surface area contributed by atoms with Gasteiger partial charge in [0.2, 0.25) is 0 Å². The molecule has 0 heterocycles. The average Bonchev–Trinajstić information content (AvgIpc) is 2.87. The third-order valence-electron chi connectivity index (χ3n) is 5.17. The molecule has 0 radical (unpaired) electrons. The molecule has 0 saturated heterocycles. The van der Waals surface area contributed by atoms with Crippen LogP contribution in [0.5, 0.6) is 5.75 Å². The standard InChI is InChI=1S/C25H27N5O5S/c1-16-8-11-21(30-36(33,34)19-6-4-3-5-7-19)20(12-16)25(32)29-14-18-10-9-17(24(26)27)13-22(18)35-15-23(31)28-2/h3-13,30H,14-15H2,1-2H3,(H3,26,27)(H,28,31)(H,29,32). The summed E-state index contributed by atoms with van der Waals surface area (Å²) in [4.78, 5) is 24.8. The number of ether oxygens (including phenoxy) is 1. The van der Waals surface area contributed by atoms with Crippen molar-refractivity contribution >= 4 is 33.4 Å². The van der Waals surface area contributed by atoms with Crippen LogP contribution in [0.4, 0.5) is 5.69 Å². The molecule has 11 heteroatoms. The number of amidine groups is 1. The van der Waals surface area contributed by atoms with Gasteiger partial charge >= 0.3 is 0 Å². The Hall–Kier alpha value is -4.38. The lowest BCUT2D eigenvalue weighted by atomic mass is 10.1. The lowest BCUT2D eigenvalue weighted by molar-refractivity contribution is -0.122. The van der Waals surface area contributed by atoms with Crippen molar-refractivity contribution in [1.82, 2.24) is 10.6 Å². The molecule has 0 bridgehead atoms. The largest absolute Gasteiger partial charge is 0.483 e. The van der Waals surface area contributed by atoms with Crippen LogP contribution >= 0.6 is 0 Å². The molecule has 0 atom stereocenters. The highest BCUT2D eigenvalue weighted by atomic mass is 32.2. The Balaban J connectivity index is 1.83. The summed E-state index contributed by atoms with van der Waals surface area (Å²) in [5.74, 6) is -0.767. The monoisotopic (exact) mass is 509 g/mol. The van der Waals surface area contributed by atoms with Gasteiger partial charge in [-0.3, -0.25) is 19.7 Å². The first kappa shape index (κ1) is 26.2. The minimum Gasteiger partial charge on any atom is -0.483 e. The minimum atomic E-state index is -3.91. The van der Waals surface area contributed by atoms with Crippen molar-refractivity contribution in [1.29, 1.82) is 5.41 Å². The number of aryl methyl sites for hydroxylation is 1. The van der Waals surface area contributed by atoms with E-state index in [0.717, 1.165) is 5.56 Å². The molecule has 188 valence electrons. The zero-order chi connectivity index (χ0) is 26.3. The number of likely N-dealkylation sites (N-methyl/N-ethyl adjacent to an activating group) is 1. The number of carbonyl (C=O) groups is 2. The highest BCUT2D eigenvalue weighted by Crippen LogP contribution is 2.24. The summed E-state index contributed by atoms with van der Waals surface area (Å²) in [6.45, 7) is 1.54. The molecule has 0 saturated carbocycles. The van der Waals surface area contributed by atoms with Gasteiger partial charge in [-0.05, 0) is 37.3 Å². The fourth-order valence-corrected chi connectivity index (χ4v) is 4.33. The van der Waals surface area contributed by atoms with E-state index in [1.54, 1.807) is 49.4 Å². The molecule has 0 aliphatic heterocycles. The van der Waals surface area contributed by atoms with E-state index in [1.807, 2.05) is 0 Å². The van der Waals surface area contributed by atoms with Crippen LogP contribution in [0.15, 0.2) is 71.6 Å². The van der Waals surface area contributed by atoms with Gasteiger partial charge < -0.3 is 21.1 Å². The third kappa shape index (κ3) is 6.60. The third-order valence-corrected chi connectivity index (χ3v) is 6.55. The van der Waals surface area contributed by atoms with Gasteiger partial charge in [-0.1, -0.05) is 42.0 Å². The van der Waals surface area contributed by atoms with Crippen LogP contribution in [0.25, 0.3) is 0 Å². The van der Waals surface area contributed by atoms with Gasteiger partial charge in [-0.15, -0.1) is 0 Å². The number of anilines is 1. The second-order valence-corrected chi connectivity index (χ2v) is 9.53.